The molecule has 1 aromatic carbocycles. The molecule has 1 heterocycles. The van der Waals surface area contributed by atoms with Gasteiger partial charge in [0, 0.05) is 6.54 Å². The number of hydrogen-bond donors (Lipinski definition) is 2. The van der Waals surface area contributed by atoms with Crippen molar-refractivity contribution in [1.29, 1.82) is 0 Å². The summed E-state index contributed by atoms with van der Waals surface area (Å²) in [5.74, 6) is -0.381. The number of rotatable bonds is 7. The standard InChI is InChI=1S/C18H23N3O3/c1-18(14-9-10-14)16(23)21(17(24)20-18)12-15(22)19-11-5-8-13-6-3-2-4-7-13/h2-4,6-7,14H,5,8-12H2,1H3,(H,19,22)(H,20,24). The van der Waals surface area contributed by atoms with Crippen LogP contribution in [0.4, 0.5) is 4.79 Å². The van der Waals surface area contributed by atoms with E-state index >= 15 is 0 Å². The van der Waals surface area contributed by atoms with Crippen LogP contribution in [-0.2, 0) is 16.0 Å². The number of hydrogen-bond acceptors (Lipinski definition) is 3. The number of nitrogens with one attached hydrogen (secondary N) is 2. The zero-order valence-electron chi connectivity index (χ0n) is 13.9. The second-order valence-electron chi connectivity index (χ2n) is 6.74. The van der Waals surface area contributed by atoms with Crippen molar-refractivity contribution in [1.82, 2.24) is 15.5 Å². The van der Waals surface area contributed by atoms with Crippen LogP contribution in [0.15, 0.2) is 30.3 Å². The van der Waals surface area contributed by atoms with Crippen molar-refractivity contribution < 1.29 is 14.4 Å². The summed E-state index contributed by atoms with van der Waals surface area (Å²) in [4.78, 5) is 37.5. The molecule has 0 radical (unpaired) electrons. The highest BCUT2D eigenvalue weighted by molar-refractivity contribution is 6.09. The fraction of sp³-hybridized carbons (Fsp3) is 0.500. The normalized spacial score (nSPS) is 23.3. The van der Waals surface area contributed by atoms with Gasteiger partial charge in [0.05, 0.1) is 0 Å². The Labute approximate surface area is 141 Å². The Kier molecular flexibility index (Phi) is 4.55. The van der Waals surface area contributed by atoms with Gasteiger partial charge in [-0.25, -0.2) is 4.79 Å². The number of benzene rings is 1. The van der Waals surface area contributed by atoms with Gasteiger partial charge in [0.25, 0.3) is 5.91 Å². The lowest BCUT2D eigenvalue weighted by molar-refractivity contribution is -0.135. The van der Waals surface area contributed by atoms with Crippen LogP contribution in [0, 0.1) is 5.92 Å². The smallest absolute Gasteiger partial charge is 0.325 e. The van der Waals surface area contributed by atoms with Crippen LogP contribution in [0.3, 0.4) is 0 Å². The minimum Gasteiger partial charge on any atom is -0.355 e. The van der Waals surface area contributed by atoms with Gasteiger partial charge in [0.2, 0.25) is 5.91 Å². The molecule has 1 unspecified atom stereocenters. The second-order valence-corrected chi connectivity index (χ2v) is 6.74. The van der Waals surface area contributed by atoms with Gasteiger partial charge in [-0.1, -0.05) is 30.3 Å². The molecule has 1 atom stereocenters. The SMILES string of the molecule is CC1(C2CC2)NC(=O)N(CC(=O)NCCCc2ccccc2)C1=O. The van der Waals surface area contributed by atoms with Crippen LogP contribution >= 0.6 is 0 Å². The zero-order valence-corrected chi connectivity index (χ0v) is 13.9. The Morgan fingerprint density at radius 2 is 2.00 bits per heavy atom. The van der Waals surface area contributed by atoms with E-state index < -0.39 is 11.6 Å². The van der Waals surface area contributed by atoms with Crippen LogP contribution in [0.2, 0.25) is 0 Å². The fourth-order valence-corrected chi connectivity index (χ4v) is 3.16. The first-order chi connectivity index (χ1) is 11.5. The summed E-state index contributed by atoms with van der Waals surface area (Å²) in [5.41, 5.74) is 0.394. The van der Waals surface area contributed by atoms with E-state index in [0.717, 1.165) is 30.6 Å². The van der Waals surface area contributed by atoms with E-state index in [1.165, 1.54) is 5.56 Å². The largest absolute Gasteiger partial charge is 0.355 e. The lowest BCUT2D eigenvalue weighted by Crippen LogP contribution is -2.47. The summed E-state index contributed by atoms with van der Waals surface area (Å²) in [6.45, 7) is 2.07. The lowest BCUT2D eigenvalue weighted by Gasteiger charge is -2.20. The maximum Gasteiger partial charge on any atom is 0.325 e. The van der Waals surface area contributed by atoms with Gasteiger partial charge in [-0.05, 0) is 44.1 Å². The van der Waals surface area contributed by atoms with Gasteiger partial charge in [0.1, 0.15) is 12.1 Å². The van der Waals surface area contributed by atoms with Crippen molar-refractivity contribution in [2.45, 2.75) is 38.1 Å². The monoisotopic (exact) mass is 329 g/mol. The predicted molar refractivity (Wildman–Crippen MR) is 89.1 cm³/mol. The van der Waals surface area contributed by atoms with Crippen LogP contribution in [-0.4, -0.2) is 41.4 Å². The van der Waals surface area contributed by atoms with Crippen molar-refractivity contribution in [2.24, 2.45) is 5.92 Å². The van der Waals surface area contributed by atoms with E-state index in [-0.39, 0.29) is 24.3 Å². The quantitative estimate of drug-likeness (QED) is 0.587. The summed E-state index contributed by atoms with van der Waals surface area (Å²) < 4.78 is 0. The lowest BCUT2D eigenvalue weighted by atomic mass is 9.96. The van der Waals surface area contributed by atoms with Gasteiger partial charge in [-0.15, -0.1) is 0 Å². The third kappa shape index (κ3) is 3.42. The van der Waals surface area contributed by atoms with E-state index in [9.17, 15) is 14.4 Å². The molecule has 0 bridgehead atoms. The minimum atomic E-state index is -0.829. The Bertz CT molecular complexity index is 642. The number of carbonyl (C=O) groups excluding carboxylic acids is 3. The molecule has 1 saturated heterocycles. The molecule has 0 spiro atoms. The Balaban J connectivity index is 1.43. The first-order valence-electron chi connectivity index (χ1n) is 8.45. The highest BCUT2D eigenvalue weighted by atomic mass is 16.2. The maximum absolute atomic E-state index is 12.4. The van der Waals surface area contributed by atoms with Gasteiger partial charge in [-0.3, -0.25) is 14.5 Å². The molecule has 24 heavy (non-hydrogen) atoms. The summed E-state index contributed by atoms with van der Waals surface area (Å²) >= 11 is 0. The van der Waals surface area contributed by atoms with Gasteiger partial charge >= 0.3 is 6.03 Å². The van der Waals surface area contributed by atoms with Crippen molar-refractivity contribution in [2.75, 3.05) is 13.1 Å². The first-order valence-corrected chi connectivity index (χ1v) is 8.45. The average molecular weight is 329 g/mol. The van der Waals surface area contributed by atoms with Gasteiger partial charge < -0.3 is 10.6 Å². The number of imide groups is 1. The molecule has 1 aliphatic heterocycles. The van der Waals surface area contributed by atoms with Crippen molar-refractivity contribution in [3.05, 3.63) is 35.9 Å². The molecular formula is C18H23N3O3. The predicted octanol–water partition coefficient (Wildman–Crippen LogP) is 1.46. The van der Waals surface area contributed by atoms with E-state index in [2.05, 4.69) is 10.6 Å². The van der Waals surface area contributed by atoms with Crippen molar-refractivity contribution in [3.8, 4) is 0 Å². The number of amides is 4. The molecule has 2 fully saturated rings. The van der Waals surface area contributed by atoms with Crippen LogP contribution in [0.1, 0.15) is 31.7 Å². The molecule has 1 saturated carbocycles. The van der Waals surface area contributed by atoms with E-state index in [1.807, 2.05) is 30.3 Å². The number of nitrogens with zero attached hydrogens (tertiary/aromatic N) is 1. The van der Waals surface area contributed by atoms with E-state index in [0.29, 0.717) is 6.54 Å². The summed E-state index contributed by atoms with van der Waals surface area (Å²) in [7, 11) is 0. The number of carbonyl (C=O) groups is 3. The molecule has 4 amide bonds. The Hall–Kier alpha value is -2.37. The average Bonchev–Trinajstić information content (AvgIpc) is 3.39. The highest BCUT2D eigenvalue weighted by Crippen LogP contribution is 2.42. The molecule has 128 valence electrons. The van der Waals surface area contributed by atoms with Crippen LogP contribution in [0.25, 0.3) is 0 Å². The zero-order chi connectivity index (χ0) is 17.2. The molecule has 1 aromatic rings. The molecule has 1 aliphatic carbocycles. The summed E-state index contributed by atoms with van der Waals surface area (Å²) in [5, 5.41) is 5.52. The fourth-order valence-electron chi connectivity index (χ4n) is 3.16. The topological polar surface area (TPSA) is 78.5 Å². The summed E-state index contributed by atoms with van der Waals surface area (Å²) in [6, 6.07) is 9.58. The highest BCUT2D eigenvalue weighted by Gasteiger charge is 2.56. The molecular weight excluding hydrogens is 306 g/mol. The van der Waals surface area contributed by atoms with E-state index in [1.54, 1.807) is 6.92 Å². The molecule has 6 nitrogen and oxygen atoms in total. The molecule has 0 aromatic heterocycles. The van der Waals surface area contributed by atoms with Gasteiger partial charge in [0.15, 0.2) is 0 Å². The number of aryl methyl sites for hydroxylation is 1. The molecule has 6 heteroatoms. The molecule has 2 aliphatic rings. The second kappa shape index (κ2) is 6.63. The van der Waals surface area contributed by atoms with Crippen molar-refractivity contribution in [3.63, 3.8) is 0 Å². The van der Waals surface area contributed by atoms with Crippen LogP contribution < -0.4 is 10.6 Å². The third-order valence-corrected chi connectivity index (χ3v) is 4.80. The Morgan fingerprint density at radius 1 is 1.29 bits per heavy atom. The first kappa shape index (κ1) is 16.5. The minimum absolute atomic E-state index is 0.202. The van der Waals surface area contributed by atoms with E-state index in [4.69, 9.17) is 0 Å². The van der Waals surface area contributed by atoms with Crippen molar-refractivity contribution >= 4 is 17.8 Å². The molecule has 2 N–H and O–H groups in total. The molecule has 3 rings (SSSR count). The summed E-state index contributed by atoms with van der Waals surface area (Å²) in [6.07, 6.45) is 3.59. The number of urea groups is 1. The van der Waals surface area contributed by atoms with Gasteiger partial charge in [-0.2, -0.15) is 0 Å². The van der Waals surface area contributed by atoms with Crippen LogP contribution in [0.5, 0.6) is 0 Å². The Morgan fingerprint density at radius 3 is 2.67 bits per heavy atom. The third-order valence-electron chi connectivity index (χ3n) is 4.80. The maximum atomic E-state index is 12.4.